The lowest BCUT2D eigenvalue weighted by atomic mass is 10.1. The second-order valence-electron chi connectivity index (χ2n) is 5.57. The molecule has 27 heavy (non-hydrogen) atoms. The van der Waals surface area contributed by atoms with Crippen LogP contribution in [0, 0.1) is 0 Å². The van der Waals surface area contributed by atoms with Crippen LogP contribution >= 0.6 is 0 Å². The van der Waals surface area contributed by atoms with Gasteiger partial charge in [-0.25, -0.2) is 4.79 Å². The lowest BCUT2D eigenvalue weighted by Gasteiger charge is -2.17. The lowest BCUT2D eigenvalue weighted by molar-refractivity contribution is -0.255. The Labute approximate surface area is 153 Å². The predicted molar refractivity (Wildman–Crippen MR) is 86.4 cm³/mol. The van der Waals surface area contributed by atoms with Gasteiger partial charge in [-0.3, -0.25) is 0 Å². The van der Waals surface area contributed by atoms with Gasteiger partial charge in [0.1, 0.15) is 5.56 Å². The molecular formula is C18H13NO8-2. The van der Waals surface area contributed by atoms with Crippen LogP contribution in [-0.2, 0) is 4.74 Å². The van der Waals surface area contributed by atoms with Crippen LogP contribution in [0.5, 0.6) is 11.5 Å². The molecule has 1 aliphatic rings. The Morgan fingerprint density at radius 3 is 2.19 bits per heavy atom. The normalized spacial score (nSPS) is 14.9. The highest BCUT2D eigenvalue weighted by Crippen LogP contribution is 2.42. The van der Waals surface area contributed by atoms with E-state index in [1.807, 2.05) is 0 Å². The first-order valence-electron chi connectivity index (χ1n) is 7.66. The van der Waals surface area contributed by atoms with Crippen molar-refractivity contribution >= 4 is 23.6 Å². The molecule has 2 aromatic carbocycles. The number of esters is 1. The average molecular weight is 371 g/mol. The Balaban J connectivity index is 2.01. The first-order valence-corrected chi connectivity index (χ1v) is 7.66. The Bertz CT molecular complexity index is 920. The molecular weight excluding hydrogens is 358 g/mol. The summed E-state index contributed by atoms with van der Waals surface area (Å²) in [6.45, 7) is 0. The number of carboxylic acid groups (broad SMARTS) is 2. The molecule has 9 heteroatoms. The molecule has 0 bridgehead atoms. The maximum absolute atomic E-state index is 12.3. The summed E-state index contributed by atoms with van der Waals surface area (Å²) in [6, 6.07) is 6.40. The van der Waals surface area contributed by atoms with E-state index in [2.05, 4.69) is 5.32 Å². The molecule has 0 aromatic heterocycles. The number of benzene rings is 2. The summed E-state index contributed by atoms with van der Waals surface area (Å²) in [6.07, 6.45) is -0.987. The summed E-state index contributed by atoms with van der Waals surface area (Å²) in [4.78, 5) is 34.5. The van der Waals surface area contributed by atoms with Gasteiger partial charge in [0, 0.05) is 11.3 Å². The van der Waals surface area contributed by atoms with E-state index in [4.69, 9.17) is 14.2 Å². The number of nitrogens with one attached hydrogen (secondary N) is 1. The number of carbonyl (C=O) groups is 3. The monoisotopic (exact) mass is 371 g/mol. The van der Waals surface area contributed by atoms with Gasteiger partial charge >= 0.3 is 5.97 Å². The SMILES string of the molecule is COc1ccc2c(c1OC)C(=O)O[C@H]2Nc1cc(C(=O)[O-])cc(C(=O)[O-])c1. The molecule has 3 rings (SSSR count). The van der Waals surface area contributed by atoms with Crippen LogP contribution in [0.15, 0.2) is 30.3 Å². The molecule has 0 radical (unpaired) electrons. The molecule has 9 nitrogen and oxygen atoms in total. The molecule has 1 N–H and O–H groups in total. The molecule has 0 fully saturated rings. The maximum atomic E-state index is 12.3. The Hall–Kier alpha value is -3.75. The Morgan fingerprint density at radius 2 is 1.67 bits per heavy atom. The number of ether oxygens (including phenoxy) is 3. The lowest BCUT2D eigenvalue weighted by Crippen LogP contribution is -2.26. The highest BCUT2D eigenvalue weighted by molar-refractivity contribution is 5.98. The van der Waals surface area contributed by atoms with Gasteiger partial charge in [-0.05, 0) is 41.5 Å². The zero-order valence-electron chi connectivity index (χ0n) is 14.2. The molecule has 1 heterocycles. The smallest absolute Gasteiger partial charge is 0.344 e. The fourth-order valence-electron chi connectivity index (χ4n) is 2.81. The van der Waals surface area contributed by atoms with E-state index in [0.29, 0.717) is 11.3 Å². The summed E-state index contributed by atoms with van der Waals surface area (Å²) in [5.74, 6) is -3.25. The van der Waals surface area contributed by atoms with E-state index in [9.17, 15) is 24.6 Å². The van der Waals surface area contributed by atoms with Gasteiger partial charge in [0.05, 0.1) is 26.2 Å². The standard InChI is InChI=1S/C18H15NO8/c1-25-12-4-3-11-13(14(12)26-2)18(24)27-15(11)19-10-6-8(16(20)21)5-9(7-10)17(22)23/h3-7,15,19H,1-2H3,(H,20,21)(H,22,23)/p-2/t15-/m1/s1. The third-order valence-electron chi connectivity index (χ3n) is 3.99. The number of cyclic esters (lactones) is 1. The van der Waals surface area contributed by atoms with Gasteiger partial charge in [-0.15, -0.1) is 0 Å². The van der Waals surface area contributed by atoms with Crippen LogP contribution in [0.25, 0.3) is 0 Å². The average Bonchev–Trinajstić information content (AvgIpc) is 2.96. The molecule has 0 unspecified atom stereocenters. The van der Waals surface area contributed by atoms with Gasteiger partial charge < -0.3 is 39.3 Å². The van der Waals surface area contributed by atoms with E-state index < -0.39 is 24.1 Å². The van der Waals surface area contributed by atoms with Crippen molar-refractivity contribution < 1.29 is 38.8 Å². The van der Waals surface area contributed by atoms with Gasteiger partial charge in [-0.1, -0.05) is 0 Å². The number of anilines is 1. The summed E-state index contributed by atoms with van der Waals surface area (Å²) in [5, 5.41) is 25.0. The molecule has 0 saturated carbocycles. The number of carboxylic acids is 2. The van der Waals surface area contributed by atoms with Crippen molar-refractivity contribution in [1.29, 1.82) is 0 Å². The molecule has 140 valence electrons. The summed E-state index contributed by atoms with van der Waals surface area (Å²) >= 11 is 0. The van der Waals surface area contributed by atoms with Crippen molar-refractivity contribution in [3.63, 3.8) is 0 Å². The van der Waals surface area contributed by atoms with E-state index in [0.717, 1.165) is 18.2 Å². The van der Waals surface area contributed by atoms with Crippen molar-refractivity contribution in [2.24, 2.45) is 0 Å². The number of rotatable bonds is 6. The quantitative estimate of drug-likeness (QED) is 0.679. The van der Waals surface area contributed by atoms with Gasteiger partial charge in [-0.2, -0.15) is 0 Å². The minimum atomic E-state index is -1.56. The number of methoxy groups -OCH3 is 2. The van der Waals surface area contributed by atoms with Crippen molar-refractivity contribution in [2.45, 2.75) is 6.23 Å². The van der Waals surface area contributed by atoms with Crippen molar-refractivity contribution in [3.8, 4) is 11.5 Å². The topological polar surface area (TPSA) is 137 Å². The number of hydrogen-bond donors (Lipinski definition) is 1. The molecule has 2 aromatic rings. The minimum Gasteiger partial charge on any atom is -0.545 e. The van der Waals surface area contributed by atoms with Crippen molar-refractivity contribution in [1.82, 2.24) is 0 Å². The van der Waals surface area contributed by atoms with Gasteiger partial charge in [0.25, 0.3) is 0 Å². The van der Waals surface area contributed by atoms with Crippen molar-refractivity contribution in [3.05, 3.63) is 52.6 Å². The minimum absolute atomic E-state index is 0.0938. The molecule has 0 aliphatic carbocycles. The zero-order valence-corrected chi connectivity index (χ0v) is 14.2. The van der Waals surface area contributed by atoms with E-state index in [-0.39, 0.29) is 28.1 Å². The molecule has 1 aliphatic heterocycles. The predicted octanol–water partition coefficient (Wildman–Crippen LogP) is -0.288. The third kappa shape index (κ3) is 3.22. The summed E-state index contributed by atoms with van der Waals surface area (Å²) in [7, 11) is 2.80. The third-order valence-corrected chi connectivity index (χ3v) is 3.99. The van der Waals surface area contributed by atoms with E-state index in [1.165, 1.54) is 14.2 Å². The summed E-state index contributed by atoms with van der Waals surface area (Å²) in [5.41, 5.74) is -0.0551. The van der Waals surface area contributed by atoms with Crippen LogP contribution in [0.1, 0.15) is 42.9 Å². The highest BCUT2D eigenvalue weighted by atomic mass is 16.6. The van der Waals surface area contributed by atoms with Gasteiger partial charge in [0.15, 0.2) is 11.5 Å². The molecule has 1 atom stereocenters. The van der Waals surface area contributed by atoms with E-state index in [1.54, 1.807) is 12.1 Å². The Morgan fingerprint density at radius 1 is 1.04 bits per heavy atom. The zero-order chi connectivity index (χ0) is 19.7. The van der Waals surface area contributed by atoms with Crippen LogP contribution in [0.2, 0.25) is 0 Å². The van der Waals surface area contributed by atoms with E-state index >= 15 is 0 Å². The fourth-order valence-corrected chi connectivity index (χ4v) is 2.81. The van der Waals surface area contributed by atoms with Crippen LogP contribution in [0.3, 0.4) is 0 Å². The van der Waals surface area contributed by atoms with Crippen molar-refractivity contribution in [2.75, 3.05) is 19.5 Å². The number of aromatic carboxylic acids is 2. The molecule has 0 spiro atoms. The van der Waals surface area contributed by atoms with Crippen LogP contribution < -0.4 is 25.0 Å². The Kier molecular flexibility index (Phi) is 4.59. The molecule has 0 saturated heterocycles. The second kappa shape index (κ2) is 6.87. The highest BCUT2D eigenvalue weighted by Gasteiger charge is 2.36. The number of fused-ring (bicyclic) bond motifs is 1. The fraction of sp³-hybridized carbons (Fsp3) is 0.167. The maximum Gasteiger partial charge on any atom is 0.344 e. The number of carbonyl (C=O) groups excluding carboxylic acids is 3. The molecule has 0 amide bonds. The largest absolute Gasteiger partial charge is 0.545 e. The van der Waals surface area contributed by atoms with Crippen LogP contribution in [-0.4, -0.2) is 32.1 Å². The number of hydrogen-bond acceptors (Lipinski definition) is 9. The van der Waals surface area contributed by atoms with Gasteiger partial charge in [0.2, 0.25) is 6.23 Å². The first-order chi connectivity index (χ1) is 12.8. The summed E-state index contributed by atoms with van der Waals surface area (Å²) < 4.78 is 15.6. The second-order valence-corrected chi connectivity index (χ2v) is 5.57. The first kappa shape index (κ1) is 18.1. The van der Waals surface area contributed by atoms with Crippen LogP contribution in [0.4, 0.5) is 5.69 Å².